The molecule has 0 saturated heterocycles. The molecule has 0 aromatic heterocycles. The lowest BCUT2D eigenvalue weighted by Gasteiger charge is -2.20. The van der Waals surface area contributed by atoms with Crippen LogP contribution < -0.4 is 0 Å². The van der Waals surface area contributed by atoms with Crippen LogP contribution in [0.4, 0.5) is 0 Å². The molecule has 0 radical (unpaired) electrons. The molecule has 0 atom stereocenters. The van der Waals surface area contributed by atoms with E-state index in [4.69, 9.17) is 14.8 Å². The van der Waals surface area contributed by atoms with Gasteiger partial charge in [-0.3, -0.25) is 4.55 Å². The van der Waals surface area contributed by atoms with Crippen LogP contribution in [0.1, 0.15) is 19.8 Å². The second-order valence-electron chi connectivity index (χ2n) is 2.66. The van der Waals surface area contributed by atoms with Gasteiger partial charge in [-0.05, 0) is 6.42 Å². The Bertz CT molecular complexity index is 327. The molecular formula is C6H10O7S. The molecule has 0 heterocycles. The molecule has 0 fully saturated rings. The lowest BCUT2D eigenvalue weighted by molar-refractivity contribution is -0.152. The van der Waals surface area contributed by atoms with Crippen molar-refractivity contribution in [1.29, 1.82) is 0 Å². The first-order chi connectivity index (χ1) is 6.20. The Morgan fingerprint density at radius 2 is 1.57 bits per heavy atom. The molecule has 0 bridgehead atoms. The molecule has 0 spiro atoms. The number of hydrogen-bond donors (Lipinski definition) is 3. The standard InChI is InChI=1S/C6H10O7S/c1-2-3-6(4(7)8,5(9)10)14(11,12)13/h2-3H2,1H3,(H,7,8)(H,9,10)(H,11,12,13). The van der Waals surface area contributed by atoms with Crippen molar-refractivity contribution in [2.45, 2.75) is 24.5 Å². The summed E-state index contributed by atoms with van der Waals surface area (Å²) in [7, 11) is -5.19. The van der Waals surface area contributed by atoms with Gasteiger partial charge in [-0.1, -0.05) is 13.3 Å². The van der Waals surface area contributed by atoms with Crippen LogP contribution in [0, 0.1) is 0 Å². The van der Waals surface area contributed by atoms with Gasteiger partial charge in [-0.25, -0.2) is 9.59 Å². The van der Waals surface area contributed by atoms with Gasteiger partial charge in [0.15, 0.2) is 0 Å². The summed E-state index contributed by atoms with van der Waals surface area (Å²) in [5.41, 5.74) is 0. The molecule has 0 saturated carbocycles. The van der Waals surface area contributed by atoms with Crippen LogP contribution in [0.2, 0.25) is 0 Å². The minimum absolute atomic E-state index is 0.00160. The second kappa shape index (κ2) is 3.93. The highest BCUT2D eigenvalue weighted by molar-refractivity contribution is 7.89. The average Bonchev–Trinajstić information content (AvgIpc) is 1.95. The molecule has 82 valence electrons. The van der Waals surface area contributed by atoms with Crippen LogP contribution in [0.3, 0.4) is 0 Å². The molecule has 0 aliphatic heterocycles. The van der Waals surface area contributed by atoms with Crippen LogP contribution in [-0.4, -0.2) is 39.9 Å². The molecule has 3 N–H and O–H groups in total. The smallest absolute Gasteiger partial charge is 0.339 e. The quantitative estimate of drug-likeness (QED) is 0.429. The van der Waals surface area contributed by atoms with Crippen molar-refractivity contribution < 1.29 is 32.8 Å². The fourth-order valence-electron chi connectivity index (χ4n) is 1.01. The molecule has 8 heteroatoms. The number of aliphatic carboxylic acids is 2. The summed E-state index contributed by atoms with van der Waals surface area (Å²) in [6.45, 7) is 1.41. The van der Waals surface area contributed by atoms with Crippen molar-refractivity contribution in [3.05, 3.63) is 0 Å². The molecule has 0 rings (SSSR count). The molecule has 7 nitrogen and oxygen atoms in total. The predicted molar refractivity (Wildman–Crippen MR) is 44.5 cm³/mol. The highest BCUT2D eigenvalue weighted by Gasteiger charge is 2.57. The fraction of sp³-hybridized carbons (Fsp3) is 0.667. The van der Waals surface area contributed by atoms with Gasteiger partial charge in [-0.2, -0.15) is 8.42 Å². The van der Waals surface area contributed by atoms with Crippen molar-refractivity contribution in [2.24, 2.45) is 0 Å². The maximum atomic E-state index is 10.7. The third kappa shape index (κ3) is 1.85. The summed E-state index contributed by atoms with van der Waals surface area (Å²) in [4.78, 5) is 21.2. The molecule has 0 aliphatic rings. The van der Waals surface area contributed by atoms with E-state index in [0.29, 0.717) is 0 Å². The Morgan fingerprint density at radius 1 is 1.21 bits per heavy atom. The largest absolute Gasteiger partial charge is 0.480 e. The number of carbonyl (C=O) groups is 2. The summed E-state index contributed by atoms with van der Waals surface area (Å²) in [6, 6.07) is 0. The van der Waals surface area contributed by atoms with Crippen molar-refractivity contribution in [3.63, 3.8) is 0 Å². The Balaban J connectivity index is 5.65. The predicted octanol–water partition coefficient (Wildman–Crippen LogP) is -0.418. The Labute approximate surface area is 80.1 Å². The maximum absolute atomic E-state index is 10.7. The molecule has 0 aromatic rings. The zero-order valence-electron chi connectivity index (χ0n) is 7.30. The Kier molecular flexibility index (Phi) is 3.60. The van der Waals surface area contributed by atoms with Crippen molar-refractivity contribution >= 4 is 22.1 Å². The highest BCUT2D eigenvalue weighted by Crippen LogP contribution is 2.23. The van der Waals surface area contributed by atoms with E-state index in [1.807, 2.05) is 0 Å². The Hall–Kier alpha value is -1.15. The second-order valence-corrected chi connectivity index (χ2v) is 4.31. The highest BCUT2D eigenvalue weighted by atomic mass is 32.2. The van der Waals surface area contributed by atoms with E-state index in [-0.39, 0.29) is 6.42 Å². The normalized spacial score (nSPS) is 12.4. The third-order valence-electron chi connectivity index (χ3n) is 1.73. The molecule has 0 aliphatic carbocycles. The molecule has 0 aromatic carbocycles. The van der Waals surface area contributed by atoms with Gasteiger partial charge < -0.3 is 10.2 Å². The van der Waals surface area contributed by atoms with Gasteiger partial charge >= 0.3 is 11.9 Å². The first-order valence-corrected chi connectivity index (χ1v) is 5.08. The number of carboxylic acids is 2. The van der Waals surface area contributed by atoms with E-state index < -0.39 is 33.2 Å². The van der Waals surface area contributed by atoms with E-state index in [2.05, 4.69) is 0 Å². The minimum atomic E-state index is -5.19. The molecular weight excluding hydrogens is 216 g/mol. The number of hydrogen-bond acceptors (Lipinski definition) is 4. The van der Waals surface area contributed by atoms with Gasteiger partial charge in [0.05, 0.1) is 0 Å². The first kappa shape index (κ1) is 12.8. The van der Waals surface area contributed by atoms with Crippen LogP contribution in [0.25, 0.3) is 0 Å². The molecule has 0 amide bonds. The van der Waals surface area contributed by atoms with Gasteiger partial charge in [0.2, 0.25) is 0 Å². The van der Waals surface area contributed by atoms with E-state index in [0.717, 1.165) is 0 Å². The zero-order valence-corrected chi connectivity index (χ0v) is 8.11. The van der Waals surface area contributed by atoms with Crippen LogP contribution >= 0.6 is 0 Å². The van der Waals surface area contributed by atoms with Crippen molar-refractivity contribution in [1.82, 2.24) is 0 Å². The summed E-state index contributed by atoms with van der Waals surface area (Å²) in [5, 5.41) is 17.1. The monoisotopic (exact) mass is 226 g/mol. The molecule has 0 unspecified atom stereocenters. The van der Waals surface area contributed by atoms with Crippen molar-refractivity contribution in [3.8, 4) is 0 Å². The van der Waals surface area contributed by atoms with Gasteiger partial charge in [0.25, 0.3) is 14.9 Å². The zero-order chi connectivity index (χ0) is 11.6. The van der Waals surface area contributed by atoms with Gasteiger partial charge in [-0.15, -0.1) is 0 Å². The van der Waals surface area contributed by atoms with E-state index in [1.165, 1.54) is 6.92 Å². The van der Waals surface area contributed by atoms with Crippen LogP contribution in [0.15, 0.2) is 0 Å². The fourth-order valence-corrected chi connectivity index (χ4v) is 1.91. The first-order valence-electron chi connectivity index (χ1n) is 3.64. The average molecular weight is 226 g/mol. The topological polar surface area (TPSA) is 129 Å². The molecule has 14 heavy (non-hydrogen) atoms. The van der Waals surface area contributed by atoms with E-state index >= 15 is 0 Å². The summed E-state index contributed by atoms with van der Waals surface area (Å²) >= 11 is 0. The minimum Gasteiger partial charge on any atom is -0.480 e. The van der Waals surface area contributed by atoms with E-state index in [1.54, 1.807) is 0 Å². The third-order valence-corrected chi connectivity index (χ3v) is 3.17. The van der Waals surface area contributed by atoms with Gasteiger partial charge in [0, 0.05) is 0 Å². The summed E-state index contributed by atoms with van der Waals surface area (Å²) in [5.74, 6) is -4.18. The van der Waals surface area contributed by atoms with Crippen LogP contribution in [0.5, 0.6) is 0 Å². The van der Waals surface area contributed by atoms with Crippen LogP contribution in [-0.2, 0) is 19.7 Å². The van der Waals surface area contributed by atoms with Crippen molar-refractivity contribution in [2.75, 3.05) is 0 Å². The SMILES string of the molecule is CCCC(C(=O)O)(C(=O)O)S(=O)(=O)O. The van der Waals surface area contributed by atoms with E-state index in [9.17, 15) is 18.0 Å². The Morgan fingerprint density at radius 3 is 1.64 bits per heavy atom. The number of rotatable bonds is 5. The lowest BCUT2D eigenvalue weighted by Crippen LogP contribution is -2.53. The maximum Gasteiger partial charge on any atom is 0.339 e. The van der Waals surface area contributed by atoms with Gasteiger partial charge in [0.1, 0.15) is 0 Å². The summed E-state index contributed by atoms with van der Waals surface area (Å²) < 4.78 is 26.9. The summed E-state index contributed by atoms with van der Waals surface area (Å²) in [6.07, 6.45) is -0.686. The lowest BCUT2D eigenvalue weighted by atomic mass is 10.0. The number of carboxylic acid groups (broad SMARTS) is 2.